The minimum atomic E-state index is -1.23. The Morgan fingerprint density at radius 1 is 1.23 bits per heavy atom. The number of carbonyl (C=O) groups is 3. The van der Waals surface area contributed by atoms with Crippen LogP contribution in [0, 0.1) is 5.92 Å². The lowest BCUT2D eigenvalue weighted by molar-refractivity contribution is -0.132. The Bertz CT molecular complexity index is 606. The quantitative estimate of drug-likeness (QED) is 0.780. The van der Waals surface area contributed by atoms with E-state index in [-0.39, 0.29) is 23.3 Å². The molecule has 0 aromatic heterocycles. The summed E-state index contributed by atoms with van der Waals surface area (Å²) < 4.78 is 0. The molecule has 2 rings (SSSR count). The number of carboxylic acid groups (broad SMARTS) is 1. The summed E-state index contributed by atoms with van der Waals surface area (Å²) in [5, 5.41) is 21.1. The van der Waals surface area contributed by atoms with Gasteiger partial charge in [-0.15, -0.1) is 0 Å². The lowest BCUT2D eigenvalue weighted by Crippen LogP contribution is -2.40. The van der Waals surface area contributed by atoms with Crippen molar-refractivity contribution >= 4 is 23.5 Å². The van der Waals surface area contributed by atoms with Gasteiger partial charge in [0.2, 0.25) is 11.8 Å². The zero-order chi connectivity index (χ0) is 16.3. The normalized spacial score (nSPS) is 15.4. The second-order valence-electron chi connectivity index (χ2n) is 5.31. The van der Waals surface area contributed by atoms with Crippen LogP contribution in [0.4, 0.5) is 5.69 Å². The first-order chi connectivity index (χ1) is 10.4. The van der Waals surface area contributed by atoms with E-state index < -0.39 is 11.7 Å². The van der Waals surface area contributed by atoms with Crippen molar-refractivity contribution in [2.24, 2.45) is 5.92 Å². The first-order valence-electron chi connectivity index (χ1n) is 7.01. The van der Waals surface area contributed by atoms with Crippen LogP contribution in [0.5, 0.6) is 5.75 Å². The van der Waals surface area contributed by atoms with Crippen molar-refractivity contribution in [2.75, 3.05) is 18.4 Å². The molecule has 22 heavy (non-hydrogen) atoms. The molecule has 0 radical (unpaired) electrons. The summed E-state index contributed by atoms with van der Waals surface area (Å²) in [6.45, 7) is 2.61. The van der Waals surface area contributed by atoms with Gasteiger partial charge >= 0.3 is 5.97 Å². The largest absolute Gasteiger partial charge is 0.507 e. The molecule has 0 atom stereocenters. The summed E-state index contributed by atoms with van der Waals surface area (Å²) in [5.41, 5.74) is 0.134. The van der Waals surface area contributed by atoms with Crippen LogP contribution in [0.25, 0.3) is 0 Å². The molecular formula is C15H18N2O5. The molecule has 0 spiro atoms. The fourth-order valence-corrected chi connectivity index (χ4v) is 2.49. The predicted molar refractivity (Wildman–Crippen MR) is 78.7 cm³/mol. The van der Waals surface area contributed by atoms with Crippen LogP contribution in [0.15, 0.2) is 18.2 Å². The maximum atomic E-state index is 12.2. The van der Waals surface area contributed by atoms with Gasteiger partial charge in [0.15, 0.2) is 0 Å². The van der Waals surface area contributed by atoms with Crippen LogP contribution in [0.3, 0.4) is 0 Å². The number of nitrogens with one attached hydrogen (secondary N) is 1. The van der Waals surface area contributed by atoms with E-state index >= 15 is 0 Å². The highest BCUT2D eigenvalue weighted by Gasteiger charge is 2.26. The third-order valence-electron chi connectivity index (χ3n) is 3.81. The number of aromatic hydroxyl groups is 1. The van der Waals surface area contributed by atoms with Gasteiger partial charge in [0, 0.05) is 37.7 Å². The molecular weight excluding hydrogens is 288 g/mol. The highest BCUT2D eigenvalue weighted by Crippen LogP contribution is 2.24. The zero-order valence-electron chi connectivity index (χ0n) is 12.2. The molecule has 1 aliphatic rings. The number of hydrogen-bond donors (Lipinski definition) is 3. The van der Waals surface area contributed by atoms with Gasteiger partial charge in [-0.05, 0) is 25.0 Å². The number of likely N-dealkylation sites (tertiary alicyclic amines) is 1. The molecule has 7 heteroatoms. The molecule has 0 aliphatic carbocycles. The lowest BCUT2D eigenvalue weighted by atomic mass is 9.95. The molecule has 1 heterocycles. The Hall–Kier alpha value is -2.57. The Labute approximate surface area is 127 Å². The molecule has 2 amide bonds. The topological polar surface area (TPSA) is 107 Å². The van der Waals surface area contributed by atoms with Crippen molar-refractivity contribution in [3.05, 3.63) is 23.8 Å². The first kappa shape index (κ1) is 15.8. The van der Waals surface area contributed by atoms with Gasteiger partial charge in [-0.2, -0.15) is 0 Å². The molecule has 118 valence electrons. The smallest absolute Gasteiger partial charge is 0.339 e. The average Bonchev–Trinajstić information content (AvgIpc) is 2.47. The monoisotopic (exact) mass is 306 g/mol. The number of piperidine rings is 1. The molecule has 1 aromatic rings. The van der Waals surface area contributed by atoms with Crippen LogP contribution in [-0.2, 0) is 9.59 Å². The third-order valence-corrected chi connectivity index (χ3v) is 3.81. The Morgan fingerprint density at radius 2 is 1.86 bits per heavy atom. The SMILES string of the molecule is CC(=O)N1CCC(C(=O)Nc2ccc(C(=O)O)c(O)c2)CC1. The maximum Gasteiger partial charge on any atom is 0.339 e. The van der Waals surface area contributed by atoms with Crippen LogP contribution in [0.2, 0.25) is 0 Å². The number of carbonyl (C=O) groups excluding carboxylic acids is 2. The summed E-state index contributed by atoms with van der Waals surface area (Å²) in [4.78, 5) is 35.9. The number of rotatable bonds is 3. The standard InChI is InChI=1S/C15H18N2O5/c1-9(18)17-6-4-10(5-7-17)14(20)16-11-2-3-12(15(21)22)13(19)8-11/h2-3,8,10,19H,4-7H2,1H3,(H,16,20)(H,21,22). The third kappa shape index (κ3) is 3.55. The molecule has 1 saturated heterocycles. The van der Waals surface area contributed by atoms with Crippen molar-refractivity contribution in [1.82, 2.24) is 4.90 Å². The number of nitrogens with zero attached hydrogens (tertiary/aromatic N) is 1. The van der Waals surface area contributed by atoms with E-state index in [4.69, 9.17) is 5.11 Å². The number of anilines is 1. The lowest BCUT2D eigenvalue weighted by Gasteiger charge is -2.30. The summed E-state index contributed by atoms with van der Waals surface area (Å²) in [7, 11) is 0. The van der Waals surface area contributed by atoms with Gasteiger partial charge in [-0.1, -0.05) is 0 Å². The second-order valence-corrected chi connectivity index (χ2v) is 5.31. The summed E-state index contributed by atoms with van der Waals surface area (Å²) in [6, 6.07) is 3.89. The Morgan fingerprint density at radius 3 is 2.36 bits per heavy atom. The van der Waals surface area contributed by atoms with Crippen molar-refractivity contribution in [3.63, 3.8) is 0 Å². The second kappa shape index (κ2) is 6.46. The highest BCUT2D eigenvalue weighted by atomic mass is 16.4. The Balaban J connectivity index is 1.97. The van der Waals surface area contributed by atoms with Gasteiger partial charge in [0.05, 0.1) is 0 Å². The van der Waals surface area contributed by atoms with E-state index in [0.29, 0.717) is 31.6 Å². The van der Waals surface area contributed by atoms with E-state index in [0.717, 1.165) is 0 Å². The molecule has 0 unspecified atom stereocenters. The van der Waals surface area contributed by atoms with E-state index in [1.54, 1.807) is 4.90 Å². The predicted octanol–water partition coefficient (Wildman–Crippen LogP) is 1.29. The fourth-order valence-electron chi connectivity index (χ4n) is 2.49. The van der Waals surface area contributed by atoms with E-state index in [1.165, 1.54) is 25.1 Å². The number of carboxylic acids is 1. The number of phenols is 1. The molecule has 0 saturated carbocycles. The van der Waals surface area contributed by atoms with Gasteiger partial charge < -0.3 is 20.4 Å². The fraction of sp³-hybridized carbons (Fsp3) is 0.400. The molecule has 3 N–H and O–H groups in total. The number of amides is 2. The van der Waals surface area contributed by atoms with Crippen molar-refractivity contribution in [3.8, 4) is 5.75 Å². The Kier molecular flexibility index (Phi) is 4.65. The molecule has 1 aliphatic heterocycles. The minimum absolute atomic E-state index is 0.00744. The zero-order valence-corrected chi connectivity index (χ0v) is 12.2. The maximum absolute atomic E-state index is 12.2. The van der Waals surface area contributed by atoms with Gasteiger partial charge in [-0.25, -0.2) is 4.79 Å². The molecule has 1 fully saturated rings. The summed E-state index contributed by atoms with van der Waals surface area (Å²) >= 11 is 0. The van der Waals surface area contributed by atoms with E-state index in [2.05, 4.69) is 5.32 Å². The summed E-state index contributed by atoms with van der Waals surface area (Å²) in [6.07, 6.45) is 1.18. The summed E-state index contributed by atoms with van der Waals surface area (Å²) in [5.74, 6) is -2.00. The number of hydrogen-bond acceptors (Lipinski definition) is 4. The molecule has 0 bridgehead atoms. The molecule has 7 nitrogen and oxygen atoms in total. The van der Waals surface area contributed by atoms with Gasteiger partial charge in [0.25, 0.3) is 0 Å². The highest BCUT2D eigenvalue weighted by molar-refractivity contribution is 5.95. The molecule has 1 aromatic carbocycles. The van der Waals surface area contributed by atoms with Crippen LogP contribution < -0.4 is 5.32 Å². The van der Waals surface area contributed by atoms with Crippen molar-refractivity contribution in [1.29, 1.82) is 0 Å². The van der Waals surface area contributed by atoms with Crippen molar-refractivity contribution < 1.29 is 24.6 Å². The van der Waals surface area contributed by atoms with E-state index in [9.17, 15) is 19.5 Å². The van der Waals surface area contributed by atoms with Crippen LogP contribution in [-0.4, -0.2) is 46.0 Å². The van der Waals surface area contributed by atoms with Gasteiger partial charge in [0.1, 0.15) is 11.3 Å². The van der Waals surface area contributed by atoms with Crippen LogP contribution >= 0.6 is 0 Å². The number of aromatic carboxylic acids is 1. The average molecular weight is 306 g/mol. The first-order valence-corrected chi connectivity index (χ1v) is 7.01. The van der Waals surface area contributed by atoms with Crippen LogP contribution in [0.1, 0.15) is 30.1 Å². The number of benzene rings is 1. The van der Waals surface area contributed by atoms with E-state index in [1.807, 2.05) is 0 Å². The van der Waals surface area contributed by atoms with Gasteiger partial charge in [-0.3, -0.25) is 9.59 Å². The minimum Gasteiger partial charge on any atom is -0.507 e. The van der Waals surface area contributed by atoms with Crippen molar-refractivity contribution in [2.45, 2.75) is 19.8 Å².